The largest absolute Gasteiger partial charge is 0.756 e. The molecule has 0 radical (unpaired) electrons. The molecule has 5 aromatic heterocycles. The van der Waals surface area contributed by atoms with Gasteiger partial charge in [-0.3, -0.25) is 37.7 Å². The first kappa shape index (κ1) is 75.1. The molecule has 2 aliphatic heterocycles. The molecule has 0 aromatic carbocycles. The smallest absolute Gasteiger partial charge is 0.487 e. The Kier molecular flexibility index (Phi) is 29.2. The summed E-state index contributed by atoms with van der Waals surface area (Å²) < 4.78 is 119. The minimum Gasteiger partial charge on any atom is -0.756 e. The van der Waals surface area contributed by atoms with Crippen LogP contribution in [-0.4, -0.2) is 145 Å². The summed E-state index contributed by atoms with van der Waals surface area (Å²) in [7, 11) is -25.1. The number of anilines is 2. The molecular formula is C38H53N11O26P6S6-2. The van der Waals surface area contributed by atoms with Gasteiger partial charge >= 0.3 is 31.3 Å². The summed E-state index contributed by atoms with van der Waals surface area (Å²) in [5.41, 5.74) is 22.0. The maximum atomic E-state index is 12.6. The summed E-state index contributed by atoms with van der Waals surface area (Å²) in [6, 6.07) is 5.91. The summed E-state index contributed by atoms with van der Waals surface area (Å²) in [5.74, 6) is 10.8. The molecule has 87 heavy (non-hydrogen) atoms. The van der Waals surface area contributed by atoms with Gasteiger partial charge in [0.25, 0.3) is 26.8 Å². The van der Waals surface area contributed by atoms with Gasteiger partial charge in [-0.15, -0.1) is 0 Å². The van der Waals surface area contributed by atoms with Crippen LogP contribution in [0.5, 0.6) is 0 Å². The van der Waals surface area contributed by atoms with Gasteiger partial charge in [-0.25, -0.2) is 31.9 Å². The second kappa shape index (κ2) is 33.8. The number of pyridine rings is 1. The number of rotatable bonds is 26. The molecule has 0 aliphatic carbocycles. The highest BCUT2D eigenvalue weighted by Gasteiger charge is 2.45. The van der Waals surface area contributed by atoms with E-state index in [0.717, 1.165) is 5.03 Å². The molecule has 2 saturated heterocycles. The fourth-order valence-electron chi connectivity index (χ4n) is 7.40. The number of nitrogen functional groups attached to an aromatic ring is 2. The summed E-state index contributed by atoms with van der Waals surface area (Å²) in [6.07, 6.45) is 5.22. The fourth-order valence-corrected chi connectivity index (χ4v) is 16.2. The Hall–Kier alpha value is -2.61. The maximum Gasteiger partial charge on any atom is 0.487 e. The SMILES string of the molecule is CSSCOC1C[C@H](n2cc(C#CCN)c3c(=O)[nH]c(N)nc32)O[C@@H]1COP(=O)(O)OP(=O)(O)OP(=O)([O-])O.CSSCOC1C[C@H](n2cc(C#CCN)c3c(=O)[nH]c(N)nc32)O[C@@H]1COP(=O)(O)OP(=O)(O)OP(=O)([O-])O.CSSc1ccccn1. The molecule has 16 N–H and O–H groups in total. The van der Waals surface area contributed by atoms with Gasteiger partial charge in [0.05, 0.1) is 60.4 Å². The van der Waals surface area contributed by atoms with Crippen LogP contribution in [0.4, 0.5) is 11.9 Å². The lowest BCUT2D eigenvalue weighted by Crippen LogP contribution is -2.28. The fraction of sp³-hybridized carbons (Fsp3) is 0.447. The summed E-state index contributed by atoms with van der Waals surface area (Å²) in [5, 5.41) is 1.32. The van der Waals surface area contributed by atoms with Crippen LogP contribution in [0.25, 0.3) is 22.1 Å². The van der Waals surface area contributed by atoms with E-state index in [0.29, 0.717) is 0 Å². The van der Waals surface area contributed by atoms with Crippen LogP contribution in [0.2, 0.25) is 0 Å². The predicted molar refractivity (Wildman–Crippen MR) is 319 cm³/mol. The van der Waals surface area contributed by atoms with Crippen LogP contribution >= 0.6 is 112 Å². The maximum absolute atomic E-state index is 12.6. The topological polar surface area (TPSA) is 581 Å². The number of ether oxygens (including phenoxy) is 4. The lowest BCUT2D eigenvalue weighted by atomic mass is 10.2. The number of nitrogens with one attached hydrogen (secondary N) is 2. The Morgan fingerprint density at radius 3 is 1.41 bits per heavy atom. The number of nitrogens with two attached hydrogens (primary N) is 4. The van der Waals surface area contributed by atoms with Gasteiger partial charge in [0.15, 0.2) is 11.3 Å². The standard InChI is InChI=1S/2C16H24N5O13P3S2.C6H7NS2/c2*1-38-39-8-30-10-5-12(21-6-9(3-2-4-17)13-14(21)19-16(18)20-15(13)22)32-11(10)7-31-36(26,27)34-37(28,29)33-35(23,24)25;1-8-9-6-4-2-3-5-7-6/h2*6,10-12H,4-5,7-8,17H2,1H3,(H,26,27)(H,28,29)(H2,23,24,25)(H3,18,19,20,22);2-5H,1H3/p-2/t2*10?,11-,12-;/m11./s1. The van der Waals surface area contributed by atoms with Gasteiger partial charge in [0, 0.05) is 31.4 Å². The molecule has 2 fully saturated rings. The number of phosphoric ester groups is 2. The van der Waals surface area contributed by atoms with Crippen LogP contribution in [0.1, 0.15) is 36.4 Å². The van der Waals surface area contributed by atoms with Gasteiger partial charge in [-0.05, 0) is 41.7 Å². The molecule has 12 atom stereocenters. The molecule has 5 aromatic rings. The van der Waals surface area contributed by atoms with Crippen molar-refractivity contribution in [1.82, 2.24) is 34.1 Å². The highest BCUT2D eigenvalue weighted by Crippen LogP contribution is 2.66. The molecule has 0 spiro atoms. The molecule has 2 aliphatic rings. The zero-order valence-electron chi connectivity index (χ0n) is 44.6. The first-order valence-electron chi connectivity index (χ1n) is 23.4. The first-order valence-corrected chi connectivity index (χ1v) is 40.4. The van der Waals surface area contributed by atoms with Crippen molar-refractivity contribution in [2.45, 2.75) is 54.7 Å². The van der Waals surface area contributed by atoms with E-state index in [4.69, 9.17) is 60.7 Å². The molecule has 8 unspecified atom stereocenters. The van der Waals surface area contributed by atoms with Gasteiger partial charge < -0.3 is 90.2 Å². The molecule has 49 heteroatoms. The van der Waals surface area contributed by atoms with Crippen LogP contribution in [-0.2, 0) is 72.6 Å². The van der Waals surface area contributed by atoms with Crippen molar-refractivity contribution >= 4 is 146 Å². The van der Waals surface area contributed by atoms with Crippen LogP contribution in [0.15, 0.2) is 51.4 Å². The molecule has 7 heterocycles. The highest BCUT2D eigenvalue weighted by molar-refractivity contribution is 8.77. The number of aromatic amines is 2. The summed E-state index contributed by atoms with van der Waals surface area (Å²) >= 11 is 0. The summed E-state index contributed by atoms with van der Waals surface area (Å²) in [4.78, 5) is 119. The number of fused-ring (bicyclic) bond motifs is 2. The molecule has 0 saturated carbocycles. The highest BCUT2D eigenvalue weighted by atomic mass is 33.1. The van der Waals surface area contributed by atoms with Crippen molar-refractivity contribution in [2.75, 3.05) is 68.4 Å². The van der Waals surface area contributed by atoms with Crippen LogP contribution in [0.3, 0.4) is 0 Å². The van der Waals surface area contributed by atoms with E-state index in [1.807, 2.05) is 37.0 Å². The minimum atomic E-state index is -5.80. The number of hydrogen-bond acceptors (Lipinski definition) is 33. The molecular weight excluding hydrogens is 1400 g/mol. The second-order valence-corrected chi connectivity index (χ2v) is 32.5. The lowest BCUT2D eigenvalue weighted by molar-refractivity contribution is -0.214. The van der Waals surface area contributed by atoms with E-state index in [-0.39, 0.29) is 82.9 Å². The number of hydrogen-bond donors (Lipinski definition) is 12. The third-order valence-corrected chi connectivity index (χ3v) is 22.4. The number of nitrogens with zero attached hydrogens (tertiary/aromatic N) is 5. The average molecular weight is 1460 g/mol. The predicted octanol–water partition coefficient (Wildman–Crippen LogP) is 2.39. The van der Waals surface area contributed by atoms with Gasteiger partial charge in [-0.1, -0.05) is 83.7 Å². The second-order valence-electron chi connectivity index (χ2n) is 16.3. The Morgan fingerprint density at radius 1 is 0.655 bits per heavy atom. The van der Waals surface area contributed by atoms with Crippen molar-refractivity contribution in [3.63, 3.8) is 0 Å². The van der Waals surface area contributed by atoms with Crippen molar-refractivity contribution in [2.24, 2.45) is 11.5 Å². The zero-order chi connectivity index (χ0) is 64.5. The van der Waals surface area contributed by atoms with Gasteiger partial charge in [0.1, 0.15) is 41.6 Å². The Labute approximate surface area is 515 Å². The first-order chi connectivity index (χ1) is 40.7. The Balaban J connectivity index is 0.000000277. The van der Waals surface area contributed by atoms with Crippen molar-refractivity contribution in [3.8, 4) is 23.7 Å². The number of aromatic nitrogens is 7. The van der Waals surface area contributed by atoms with Crippen molar-refractivity contribution < 1.29 is 112 Å². The van der Waals surface area contributed by atoms with Gasteiger partial charge in [-0.2, -0.15) is 18.6 Å². The van der Waals surface area contributed by atoms with E-state index in [2.05, 4.69) is 65.8 Å². The van der Waals surface area contributed by atoms with E-state index < -0.39 is 108 Å². The Morgan fingerprint density at radius 2 is 1.07 bits per heavy atom. The van der Waals surface area contributed by atoms with E-state index in [1.165, 1.54) is 64.7 Å². The average Bonchev–Trinajstić information content (AvgIpc) is 1.72. The van der Waals surface area contributed by atoms with E-state index >= 15 is 0 Å². The minimum absolute atomic E-state index is 0.0229. The molecule has 0 bridgehead atoms. The third-order valence-electron chi connectivity index (χ3n) is 10.4. The lowest BCUT2D eigenvalue weighted by Gasteiger charge is -2.22. The van der Waals surface area contributed by atoms with Crippen LogP contribution < -0.4 is 43.8 Å². The quantitative estimate of drug-likeness (QED) is 0.0124. The monoisotopic (exact) mass is 1460 g/mol. The van der Waals surface area contributed by atoms with E-state index in [1.54, 1.807) is 27.8 Å². The van der Waals surface area contributed by atoms with Crippen molar-refractivity contribution in [3.05, 3.63) is 68.6 Å². The zero-order valence-corrected chi connectivity index (χ0v) is 54.9. The van der Waals surface area contributed by atoms with E-state index in [9.17, 15) is 66.3 Å². The normalized spacial score (nSPS) is 22.5. The molecule has 37 nitrogen and oxygen atoms in total. The Bertz CT molecular complexity index is 3500. The summed E-state index contributed by atoms with van der Waals surface area (Å²) in [6.45, 7) is -1.45. The molecule has 7 rings (SSSR count). The molecule has 0 amide bonds. The number of H-pyrrole nitrogens is 2. The number of phosphoric acid groups is 6. The van der Waals surface area contributed by atoms with Crippen LogP contribution in [0, 0.1) is 23.7 Å². The van der Waals surface area contributed by atoms with Gasteiger partial charge in [0.2, 0.25) is 11.9 Å². The third kappa shape index (κ3) is 24.4. The van der Waals surface area contributed by atoms with Crippen molar-refractivity contribution in [1.29, 1.82) is 0 Å². The molecule has 484 valence electrons.